The highest BCUT2D eigenvalue weighted by atomic mass is 16.3. The monoisotopic (exact) mass is 297 g/mol. The molecule has 0 fully saturated rings. The van der Waals surface area contributed by atoms with E-state index in [0.717, 1.165) is 35.4 Å². The molecule has 0 amide bonds. The van der Waals surface area contributed by atoms with Gasteiger partial charge in [-0.25, -0.2) is 9.67 Å². The molecule has 2 aromatic heterocycles. The molecule has 1 aliphatic carbocycles. The fourth-order valence-electron chi connectivity index (χ4n) is 2.54. The van der Waals surface area contributed by atoms with Crippen LogP contribution in [0.25, 0.3) is 17.0 Å². The predicted octanol–water partition coefficient (Wildman–Crippen LogP) is 2.77. The van der Waals surface area contributed by atoms with Gasteiger partial charge < -0.3 is 16.2 Å². The van der Waals surface area contributed by atoms with Crippen LogP contribution in [0.5, 0.6) is 5.75 Å². The highest BCUT2D eigenvalue weighted by Gasteiger charge is 2.17. The lowest BCUT2D eigenvalue weighted by molar-refractivity contribution is 0.475. The van der Waals surface area contributed by atoms with Crippen molar-refractivity contribution in [1.82, 2.24) is 14.8 Å². The van der Waals surface area contributed by atoms with Gasteiger partial charge in [0.25, 0.3) is 0 Å². The number of aromatic nitrogens is 3. The van der Waals surface area contributed by atoms with Crippen LogP contribution in [0, 0.1) is 6.92 Å². The minimum atomic E-state index is 0.0901. The number of nitrogens with zero attached hydrogens (tertiary/aromatic N) is 3. The molecule has 114 valence electrons. The topological polar surface area (TPSA) is 89.0 Å². The summed E-state index contributed by atoms with van der Waals surface area (Å²) in [6.45, 7) is 1.93. The Morgan fingerprint density at radius 2 is 2.23 bits per heavy atom. The Hall–Kier alpha value is -2.76. The molecule has 2 heterocycles. The Kier molecular flexibility index (Phi) is 3.58. The third-order valence-electron chi connectivity index (χ3n) is 3.81. The van der Waals surface area contributed by atoms with Crippen molar-refractivity contribution in [3.05, 3.63) is 36.1 Å². The van der Waals surface area contributed by atoms with Crippen molar-refractivity contribution in [2.45, 2.75) is 19.8 Å². The fourth-order valence-corrected chi connectivity index (χ4v) is 2.54. The van der Waals surface area contributed by atoms with Crippen molar-refractivity contribution >= 4 is 17.3 Å². The van der Waals surface area contributed by atoms with E-state index in [1.54, 1.807) is 24.0 Å². The molecule has 0 aliphatic heterocycles. The maximum atomic E-state index is 9.96. The number of hydrogen-bond donors (Lipinski definition) is 3. The van der Waals surface area contributed by atoms with E-state index in [1.165, 1.54) is 0 Å². The standard InChI is InChI=1S/C16H19N5O/c1-10-14(11-8-13(22)16(18-2)19-9-11)20-21(15(10)17)12-6-4-3-5-7-12/h3-4,6,8-9,22H,5,7,17H2,1-2H3,(H,18,19). The quantitative estimate of drug-likeness (QED) is 0.810. The number of aromatic hydroxyl groups is 1. The Morgan fingerprint density at radius 3 is 2.86 bits per heavy atom. The van der Waals surface area contributed by atoms with Crippen LogP contribution in [-0.4, -0.2) is 26.9 Å². The van der Waals surface area contributed by atoms with Crippen LogP contribution in [0.3, 0.4) is 0 Å². The number of nitrogen functional groups attached to an aromatic ring is 1. The van der Waals surface area contributed by atoms with E-state index >= 15 is 0 Å². The molecule has 0 saturated carbocycles. The Morgan fingerprint density at radius 1 is 1.41 bits per heavy atom. The minimum Gasteiger partial charge on any atom is -0.504 e. The SMILES string of the molecule is CNc1ncc(-c2nn(C3=CC=CCC3)c(N)c2C)cc1O. The molecule has 3 rings (SSSR count). The molecule has 4 N–H and O–H groups in total. The third kappa shape index (κ3) is 2.32. The van der Waals surface area contributed by atoms with E-state index in [-0.39, 0.29) is 5.75 Å². The molecular weight excluding hydrogens is 278 g/mol. The van der Waals surface area contributed by atoms with Gasteiger partial charge in [-0.2, -0.15) is 5.10 Å². The van der Waals surface area contributed by atoms with E-state index in [9.17, 15) is 5.11 Å². The van der Waals surface area contributed by atoms with Gasteiger partial charge in [0.15, 0.2) is 11.6 Å². The zero-order valence-electron chi connectivity index (χ0n) is 12.7. The number of rotatable bonds is 3. The summed E-state index contributed by atoms with van der Waals surface area (Å²) in [4.78, 5) is 4.19. The average Bonchev–Trinajstić information content (AvgIpc) is 2.84. The van der Waals surface area contributed by atoms with E-state index in [1.807, 2.05) is 19.1 Å². The first-order chi connectivity index (χ1) is 10.6. The smallest absolute Gasteiger partial charge is 0.168 e. The number of nitrogens with two attached hydrogens (primary N) is 1. The van der Waals surface area contributed by atoms with E-state index < -0.39 is 0 Å². The Balaban J connectivity index is 2.07. The fraction of sp³-hybridized carbons (Fsp3) is 0.250. The van der Waals surface area contributed by atoms with Gasteiger partial charge in [0.2, 0.25) is 0 Å². The lowest BCUT2D eigenvalue weighted by Crippen LogP contribution is -2.05. The summed E-state index contributed by atoms with van der Waals surface area (Å²) in [6.07, 6.45) is 9.73. The first kappa shape index (κ1) is 14.2. The minimum absolute atomic E-state index is 0.0901. The normalized spacial score (nSPS) is 14.0. The van der Waals surface area contributed by atoms with Crippen LogP contribution < -0.4 is 11.1 Å². The van der Waals surface area contributed by atoms with Gasteiger partial charge in [-0.15, -0.1) is 0 Å². The Labute approximate surface area is 129 Å². The maximum Gasteiger partial charge on any atom is 0.168 e. The molecule has 0 radical (unpaired) electrons. The molecule has 0 saturated heterocycles. The molecular formula is C16H19N5O. The zero-order valence-corrected chi connectivity index (χ0v) is 12.7. The van der Waals surface area contributed by atoms with E-state index in [4.69, 9.17) is 5.73 Å². The van der Waals surface area contributed by atoms with Crippen molar-refractivity contribution < 1.29 is 5.11 Å². The molecule has 0 atom stereocenters. The molecule has 1 aliphatic rings. The second-order valence-corrected chi connectivity index (χ2v) is 5.24. The van der Waals surface area contributed by atoms with Crippen molar-refractivity contribution in [2.75, 3.05) is 18.1 Å². The second kappa shape index (κ2) is 5.55. The molecule has 0 aromatic carbocycles. The lowest BCUT2D eigenvalue weighted by Gasteiger charge is -2.10. The molecule has 6 nitrogen and oxygen atoms in total. The largest absolute Gasteiger partial charge is 0.504 e. The van der Waals surface area contributed by atoms with Crippen molar-refractivity contribution in [3.63, 3.8) is 0 Å². The van der Waals surface area contributed by atoms with Crippen LogP contribution in [0.15, 0.2) is 30.5 Å². The van der Waals surface area contributed by atoms with Gasteiger partial charge in [0.05, 0.1) is 5.69 Å². The first-order valence-corrected chi connectivity index (χ1v) is 7.20. The number of nitrogens with one attached hydrogen (secondary N) is 1. The summed E-state index contributed by atoms with van der Waals surface area (Å²) in [5.74, 6) is 1.15. The lowest BCUT2D eigenvalue weighted by atomic mass is 10.1. The zero-order chi connectivity index (χ0) is 15.7. The van der Waals surface area contributed by atoms with Gasteiger partial charge in [-0.05, 0) is 31.9 Å². The molecule has 2 aromatic rings. The molecule has 22 heavy (non-hydrogen) atoms. The van der Waals surface area contributed by atoms with E-state index in [2.05, 4.69) is 21.5 Å². The van der Waals surface area contributed by atoms with Gasteiger partial charge >= 0.3 is 0 Å². The average molecular weight is 297 g/mol. The molecule has 0 unspecified atom stereocenters. The van der Waals surface area contributed by atoms with Crippen molar-refractivity contribution in [2.24, 2.45) is 0 Å². The van der Waals surface area contributed by atoms with Crippen LogP contribution in [0.1, 0.15) is 18.4 Å². The van der Waals surface area contributed by atoms with Crippen LogP contribution in [0.4, 0.5) is 11.6 Å². The number of pyridine rings is 1. The van der Waals surface area contributed by atoms with Gasteiger partial charge in [-0.1, -0.05) is 12.2 Å². The summed E-state index contributed by atoms with van der Waals surface area (Å²) in [6, 6.07) is 1.65. The second-order valence-electron chi connectivity index (χ2n) is 5.24. The Bertz CT molecular complexity index is 773. The third-order valence-corrected chi connectivity index (χ3v) is 3.81. The van der Waals surface area contributed by atoms with Crippen LogP contribution in [0.2, 0.25) is 0 Å². The van der Waals surface area contributed by atoms with Crippen molar-refractivity contribution in [3.8, 4) is 17.0 Å². The van der Waals surface area contributed by atoms with Crippen molar-refractivity contribution in [1.29, 1.82) is 0 Å². The van der Waals surface area contributed by atoms with Crippen LogP contribution >= 0.6 is 0 Å². The van der Waals surface area contributed by atoms with Gasteiger partial charge in [0, 0.05) is 30.1 Å². The predicted molar refractivity (Wildman–Crippen MR) is 88.5 cm³/mol. The number of hydrogen-bond acceptors (Lipinski definition) is 5. The molecule has 0 spiro atoms. The summed E-state index contributed by atoms with van der Waals surface area (Å²) in [5, 5.41) is 17.4. The summed E-state index contributed by atoms with van der Waals surface area (Å²) >= 11 is 0. The van der Waals surface area contributed by atoms with Gasteiger partial charge in [0.1, 0.15) is 5.82 Å². The highest BCUT2D eigenvalue weighted by Crippen LogP contribution is 2.32. The van der Waals surface area contributed by atoms with E-state index in [0.29, 0.717) is 11.6 Å². The first-order valence-electron chi connectivity index (χ1n) is 7.20. The number of allylic oxidation sites excluding steroid dienone is 4. The maximum absolute atomic E-state index is 9.96. The highest BCUT2D eigenvalue weighted by molar-refractivity contribution is 5.72. The number of anilines is 2. The summed E-state index contributed by atoms with van der Waals surface area (Å²) in [5.41, 5.74) is 9.63. The van der Waals surface area contributed by atoms with Crippen LogP contribution in [-0.2, 0) is 0 Å². The molecule has 0 bridgehead atoms. The van der Waals surface area contributed by atoms with Gasteiger partial charge in [-0.3, -0.25) is 0 Å². The summed E-state index contributed by atoms with van der Waals surface area (Å²) < 4.78 is 1.77. The molecule has 6 heteroatoms. The summed E-state index contributed by atoms with van der Waals surface area (Å²) in [7, 11) is 1.71.